The van der Waals surface area contributed by atoms with Gasteiger partial charge in [-0.25, -0.2) is 0 Å². The number of ether oxygens (including phenoxy) is 2. The first-order chi connectivity index (χ1) is 12.3. The molecule has 0 radical (unpaired) electrons. The van der Waals surface area contributed by atoms with Crippen molar-refractivity contribution in [1.82, 2.24) is 0 Å². The van der Waals surface area contributed by atoms with Crippen molar-refractivity contribution in [2.24, 2.45) is 0 Å². The lowest BCUT2D eigenvalue weighted by Gasteiger charge is -2.33. The van der Waals surface area contributed by atoms with E-state index < -0.39 is 0 Å². The van der Waals surface area contributed by atoms with Gasteiger partial charge < -0.3 is 19.1 Å². The third kappa shape index (κ3) is 3.64. The second kappa shape index (κ2) is 7.68. The number of nitrogens with zero attached hydrogens (tertiary/aromatic N) is 1. The van der Waals surface area contributed by atoms with Crippen LogP contribution in [-0.4, -0.2) is 39.2 Å². The maximum absolute atomic E-state index is 5.75. The van der Waals surface area contributed by atoms with E-state index in [1.54, 1.807) is 11.9 Å². The molecule has 0 saturated carbocycles. The Bertz CT molecular complexity index is 727. The standard InChI is InChI=1S/C20H24N2O2S/c1-25-21-18-4-2-15(3-5-18)17-12-16-6-9-24-14-19(16)20(13-17)22-7-10-23-11-8-22/h2-5,12-13,21H,6-11,14H2,1H3. The lowest BCUT2D eigenvalue weighted by atomic mass is 9.94. The van der Waals surface area contributed by atoms with Crippen LogP contribution in [0.1, 0.15) is 11.1 Å². The number of hydrogen-bond acceptors (Lipinski definition) is 5. The van der Waals surface area contributed by atoms with Crippen LogP contribution in [0.15, 0.2) is 36.4 Å². The second-order valence-electron chi connectivity index (χ2n) is 6.42. The Morgan fingerprint density at radius 1 is 0.960 bits per heavy atom. The molecule has 1 N–H and O–H groups in total. The van der Waals surface area contributed by atoms with Crippen LogP contribution in [-0.2, 0) is 22.5 Å². The molecule has 0 spiro atoms. The van der Waals surface area contributed by atoms with Crippen LogP contribution in [0.3, 0.4) is 0 Å². The number of fused-ring (bicyclic) bond motifs is 1. The third-order valence-electron chi connectivity index (χ3n) is 4.87. The van der Waals surface area contributed by atoms with Crippen LogP contribution in [0.25, 0.3) is 11.1 Å². The average molecular weight is 356 g/mol. The molecule has 2 aromatic rings. The fourth-order valence-corrected chi connectivity index (χ4v) is 3.93. The Morgan fingerprint density at radius 3 is 2.52 bits per heavy atom. The van der Waals surface area contributed by atoms with E-state index in [-0.39, 0.29) is 0 Å². The molecular weight excluding hydrogens is 332 g/mol. The number of nitrogens with one attached hydrogen (secondary N) is 1. The summed E-state index contributed by atoms with van der Waals surface area (Å²) in [5.41, 5.74) is 7.79. The molecule has 0 amide bonds. The molecule has 4 nitrogen and oxygen atoms in total. The van der Waals surface area contributed by atoms with Gasteiger partial charge in [-0.1, -0.05) is 30.1 Å². The van der Waals surface area contributed by atoms with Crippen molar-refractivity contribution in [3.8, 4) is 11.1 Å². The van der Waals surface area contributed by atoms with Gasteiger partial charge in [0.05, 0.1) is 26.4 Å². The molecule has 2 aromatic carbocycles. The van der Waals surface area contributed by atoms with Crippen molar-refractivity contribution in [3.63, 3.8) is 0 Å². The van der Waals surface area contributed by atoms with Crippen LogP contribution in [0, 0.1) is 0 Å². The van der Waals surface area contributed by atoms with Gasteiger partial charge in [0.2, 0.25) is 0 Å². The van der Waals surface area contributed by atoms with Crippen molar-refractivity contribution >= 4 is 23.3 Å². The molecule has 2 aliphatic heterocycles. The zero-order valence-corrected chi connectivity index (χ0v) is 15.4. The monoisotopic (exact) mass is 356 g/mol. The molecular formula is C20H24N2O2S. The van der Waals surface area contributed by atoms with Gasteiger partial charge in [0.25, 0.3) is 0 Å². The Kier molecular flexibility index (Phi) is 5.15. The molecule has 1 saturated heterocycles. The lowest BCUT2D eigenvalue weighted by Crippen LogP contribution is -2.37. The average Bonchev–Trinajstić information content (AvgIpc) is 2.69. The Labute approximate surface area is 153 Å². The highest BCUT2D eigenvalue weighted by Crippen LogP contribution is 2.35. The fraction of sp³-hybridized carbons (Fsp3) is 0.400. The quantitative estimate of drug-likeness (QED) is 0.839. The van der Waals surface area contributed by atoms with Crippen molar-refractivity contribution in [3.05, 3.63) is 47.5 Å². The summed E-state index contributed by atoms with van der Waals surface area (Å²) in [5.74, 6) is 0. The first kappa shape index (κ1) is 16.8. The molecule has 132 valence electrons. The van der Waals surface area contributed by atoms with Gasteiger partial charge >= 0.3 is 0 Å². The largest absolute Gasteiger partial charge is 0.378 e. The SMILES string of the molecule is CSNc1ccc(-c2cc3c(c(N4CCOCC4)c2)COCC3)cc1. The van der Waals surface area contributed by atoms with Gasteiger partial charge in [-0.3, -0.25) is 0 Å². The van der Waals surface area contributed by atoms with Crippen molar-refractivity contribution < 1.29 is 9.47 Å². The fourth-order valence-electron chi connectivity index (χ4n) is 3.56. The minimum Gasteiger partial charge on any atom is -0.378 e. The number of morpholine rings is 1. The van der Waals surface area contributed by atoms with Gasteiger partial charge in [0, 0.05) is 36.3 Å². The third-order valence-corrected chi connectivity index (χ3v) is 5.31. The van der Waals surface area contributed by atoms with Crippen LogP contribution < -0.4 is 9.62 Å². The van der Waals surface area contributed by atoms with Gasteiger partial charge in [-0.2, -0.15) is 0 Å². The molecule has 2 heterocycles. The molecule has 0 atom stereocenters. The van der Waals surface area contributed by atoms with E-state index in [1.165, 1.54) is 27.9 Å². The van der Waals surface area contributed by atoms with E-state index in [2.05, 4.69) is 46.0 Å². The van der Waals surface area contributed by atoms with Gasteiger partial charge in [0.15, 0.2) is 0 Å². The first-order valence-corrected chi connectivity index (χ1v) is 10.0. The Balaban J connectivity index is 1.72. The van der Waals surface area contributed by atoms with Gasteiger partial charge in [-0.15, -0.1) is 0 Å². The summed E-state index contributed by atoms with van der Waals surface area (Å²) in [6.45, 7) is 5.04. The van der Waals surface area contributed by atoms with Gasteiger partial charge in [0.1, 0.15) is 0 Å². The number of hydrogen-bond donors (Lipinski definition) is 1. The molecule has 25 heavy (non-hydrogen) atoms. The van der Waals surface area contributed by atoms with E-state index in [9.17, 15) is 0 Å². The maximum Gasteiger partial charge on any atom is 0.0739 e. The number of benzene rings is 2. The molecule has 4 rings (SSSR count). The maximum atomic E-state index is 5.75. The smallest absolute Gasteiger partial charge is 0.0739 e. The highest BCUT2D eigenvalue weighted by Gasteiger charge is 2.21. The second-order valence-corrected chi connectivity index (χ2v) is 7.03. The molecule has 0 aromatic heterocycles. The Hall–Kier alpha value is -1.69. The van der Waals surface area contributed by atoms with Crippen LogP contribution in [0.5, 0.6) is 0 Å². The van der Waals surface area contributed by atoms with Crippen LogP contribution in [0.4, 0.5) is 11.4 Å². The van der Waals surface area contributed by atoms with Crippen molar-refractivity contribution in [2.75, 3.05) is 48.8 Å². The molecule has 2 aliphatic rings. The zero-order chi connectivity index (χ0) is 17.1. The van der Waals surface area contributed by atoms with E-state index in [0.717, 1.165) is 51.6 Å². The summed E-state index contributed by atoms with van der Waals surface area (Å²) in [4.78, 5) is 2.45. The predicted molar refractivity (Wildman–Crippen MR) is 105 cm³/mol. The predicted octanol–water partition coefficient (Wildman–Crippen LogP) is 3.95. The zero-order valence-electron chi connectivity index (χ0n) is 14.6. The molecule has 1 fully saturated rings. The normalized spacial score (nSPS) is 17.2. The summed E-state index contributed by atoms with van der Waals surface area (Å²) in [5, 5.41) is 0. The van der Waals surface area contributed by atoms with E-state index >= 15 is 0 Å². The highest BCUT2D eigenvalue weighted by molar-refractivity contribution is 7.99. The highest BCUT2D eigenvalue weighted by atomic mass is 32.2. The summed E-state index contributed by atoms with van der Waals surface area (Å²) in [7, 11) is 0. The first-order valence-electron chi connectivity index (χ1n) is 8.81. The van der Waals surface area contributed by atoms with E-state index in [4.69, 9.17) is 9.47 Å². The van der Waals surface area contributed by atoms with E-state index in [0.29, 0.717) is 0 Å². The summed E-state index contributed by atoms with van der Waals surface area (Å²) in [6, 6.07) is 13.4. The lowest BCUT2D eigenvalue weighted by molar-refractivity contribution is 0.109. The van der Waals surface area contributed by atoms with Gasteiger partial charge in [-0.05, 0) is 41.3 Å². The Morgan fingerprint density at radius 2 is 1.76 bits per heavy atom. The van der Waals surface area contributed by atoms with Crippen LogP contribution >= 0.6 is 11.9 Å². The summed E-state index contributed by atoms with van der Waals surface area (Å²) in [6.07, 6.45) is 3.03. The molecule has 0 bridgehead atoms. The van der Waals surface area contributed by atoms with Crippen LogP contribution in [0.2, 0.25) is 0 Å². The number of anilines is 2. The minimum absolute atomic E-state index is 0.721. The number of rotatable bonds is 4. The van der Waals surface area contributed by atoms with E-state index in [1.807, 2.05) is 6.26 Å². The topological polar surface area (TPSA) is 33.7 Å². The molecule has 0 aliphatic carbocycles. The molecule has 0 unspecified atom stereocenters. The van der Waals surface area contributed by atoms with Crippen molar-refractivity contribution in [2.45, 2.75) is 13.0 Å². The van der Waals surface area contributed by atoms with Crippen molar-refractivity contribution in [1.29, 1.82) is 0 Å². The summed E-state index contributed by atoms with van der Waals surface area (Å²) < 4.78 is 14.6. The molecule has 5 heteroatoms. The minimum atomic E-state index is 0.721. The summed E-state index contributed by atoms with van der Waals surface area (Å²) >= 11 is 1.61.